The van der Waals surface area contributed by atoms with Gasteiger partial charge in [0.25, 0.3) is 0 Å². The van der Waals surface area contributed by atoms with Crippen LogP contribution in [-0.2, 0) is 13.0 Å². The summed E-state index contributed by atoms with van der Waals surface area (Å²) >= 11 is 0. The van der Waals surface area contributed by atoms with Crippen molar-refractivity contribution >= 4 is 5.69 Å². The smallest absolute Gasteiger partial charge is 0.0425 e. The van der Waals surface area contributed by atoms with E-state index in [0.29, 0.717) is 0 Å². The van der Waals surface area contributed by atoms with Gasteiger partial charge in [-0.25, -0.2) is 0 Å². The molecule has 0 fully saturated rings. The van der Waals surface area contributed by atoms with Crippen LogP contribution < -0.4 is 5.32 Å². The van der Waals surface area contributed by atoms with Crippen molar-refractivity contribution in [3.05, 3.63) is 53.6 Å². The summed E-state index contributed by atoms with van der Waals surface area (Å²) in [6.07, 6.45) is 5.07. The van der Waals surface area contributed by atoms with Crippen LogP contribution in [0.15, 0.2) is 42.5 Å². The van der Waals surface area contributed by atoms with Gasteiger partial charge in [-0.3, -0.25) is 0 Å². The lowest BCUT2D eigenvalue weighted by molar-refractivity contribution is 0.718. The molecule has 1 aliphatic rings. The summed E-state index contributed by atoms with van der Waals surface area (Å²) in [5.74, 6) is 0. The Labute approximate surface area is 115 Å². The van der Waals surface area contributed by atoms with Gasteiger partial charge >= 0.3 is 0 Å². The summed E-state index contributed by atoms with van der Waals surface area (Å²) < 4.78 is 0. The molecule has 1 N–H and O–H groups in total. The number of hydrogen-bond acceptors (Lipinski definition) is 1. The number of rotatable bonds is 4. The Kier molecular flexibility index (Phi) is 3.54. The SMILES string of the molecule is CCCCCc1cccc2c1-c1ccccc1CN2. The average molecular weight is 251 g/mol. The van der Waals surface area contributed by atoms with Crippen LogP contribution in [0.1, 0.15) is 37.3 Å². The topological polar surface area (TPSA) is 12.0 Å². The monoisotopic (exact) mass is 251 g/mol. The first kappa shape index (κ1) is 12.3. The van der Waals surface area contributed by atoms with Gasteiger partial charge in [0.05, 0.1) is 0 Å². The first-order valence-electron chi connectivity index (χ1n) is 7.34. The van der Waals surface area contributed by atoms with Gasteiger partial charge in [-0.15, -0.1) is 0 Å². The molecule has 2 aromatic carbocycles. The Morgan fingerprint density at radius 2 is 1.89 bits per heavy atom. The minimum Gasteiger partial charge on any atom is -0.380 e. The van der Waals surface area contributed by atoms with E-state index in [1.807, 2.05) is 0 Å². The van der Waals surface area contributed by atoms with E-state index in [4.69, 9.17) is 0 Å². The third-order valence-corrected chi connectivity index (χ3v) is 3.96. The van der Waals surface area contributed by atoms with E-state index < -0.39 is 0 Å². The van der Waals surface area contributed by atoms with E-state index in [1.165, 1.54) is 53.6 Å². The quantitative estimate of drug-likeness (QED) is 0.753. The number of aryl methyl sites for hydroxylation is 1. The summed E-state index contributed by atoms with van der Waals surface area (Å²) in [6, 6.07) is 15.4. The molecule has 19 heavy (non-hydrogen) atoms. The highest BCUT2D eigenvalue weighted by atomic mass is 14.9. The molecule has 0 radical (unpaired) electrons. The highest BCUT2D eigenvalue weighted by molar-refractivity contribution is 5.85. The van der Waals surface area contributed by atoms with E-state index in [0.717, 1.165) is 6.54 Å². The third-order valence-electron chi connectivity index (χ3n) is 3.96. The van der Waals surface area contributed by atoms with Crippen molar-refractivity contribution in [2.75, 3.05) is 5.32 Å². The molecular formula is C18H21N. The Bertz CT molecular complexity index is 572. The molecule has 0 aromatic heterocycles. The van der Waals surface area contributed by atoms with E-state index >= 15 is 0 Å². The first-order chi connectivity index (χ1) is 9.40. The van der Waals surface area contributed by atoms with Crippen LogP contribution in [0, 0.1) is 0 Å². The van der Waals surface area contributed by atoms with Gasteiger partial charge in [0, 0.05) is 17.8 Å². The summed E-state index contributed by atoms with van der Waals surface area (Å²) in [7, 11) is 0. The van der Waals surface area contributed by atoms with Gasteiger partial charge in [0.15, 0.2) is 0 Å². The molecule has 1 aliphatic heterocycles. The van der Waals surface area contributed by atoms with Crippen LogP contribution >= 0.6 is 0 Å². The Morgan fingerprint density at radius 3 is 2.79 bits per heavy atom. The summed E-state index contributed by atoms with van der Waals surface area (Å²) in [6.45, 7) is 3.21. The molecule has 1 nitrogen and oxygen atoms in total. The number of anilines is 1. The van der Waals surface area contributed by atoms with Gasteiger partial charge in [0.1, 0.15) is 0 Å². The molecule has 0 amide bonds. The highest BCUT2D eigenvalue weighted by Crippen LogP contribution is 2.38. The molecule has 0 atom stereocenters. The van der Waals surface area contributed by atoms with Crippen LogP contribution in [0.5, 0.6) is 0 Å². The Hall–Kier alpha value is -1.76. The van der Waals surface area contributed by atoms with E-state index in [1.54, 1.807) is 0 Å². The lowest BCUT2D eigenvalue weighted by Crippen LogP contribution is -2.10. The number of nitrogens with one attached hydrogen (secondary N) is 1. The average Bonchev–Trinajstić information content (AvgIpc) is 2.47. The second-order valence-electron chi connectivity index (χ2n) is 5.31. The molecule has 1 heteroatoms. The lowest BCUT2D eigenvalue weighted by atomic mass is 9.89. The number of unbranched alkanes of at least 4 members (excludes halogenated alkanes) is 2. The summed E-state index contributed by atoms with van der Waals surface area (Å²) in [5.41, 5.74) is 7.06. The normalized spacial score (nSPS) is 12.5. The van der Waals surface area contributed by atoms with Gasteiger partial charge in [-0.1, -0.05) is 56.2 Å². The lowest BCUT2D eigenvalue weighted by Gasteiger charge is -2.24. The molecule has 0 unspecified atom stereocenters. The van der Waals surface area contributed by atoms with Crippen molar-refractivity contribution in [3.63, 3.8) is 0 Å². The Morgan fingerprint density at radius 1 is 1.00 bits per heavy atom. The minimum atomic E-state index is 0.946. The largest absolute Gasteiger partial charge is 0.380 e. The maximum absolute atomic E-state index is 3.55. The zero-order valence-electron chi connectivity index (χ0n) is 11.6. The Balaban J connectivity index is 2.01. The van der Waals surface area contributed by atoms with E-state index in [9.17, 15) is 0 Å². The highest BCUT2D eigenvalue weighted by Gasteiger charge is 2.17. The molecule has 0 aliphatic carbocycles. The minimum absolute atomic E-state index is 0.946. The van der Waals surface area contributed by atoms with Crippen LogP contribution in [0.3, 0.4) is 0 Å². The van der Waals surface area contributed by atoms with E-state index in [-0.39, 0.29) is 0 Å². The maximum Gasteiger partial charge on any atom is 0.0425 e. The molecule has 1 heterocycles. The predicted octanol–water partition coefficient (Wildman–Crippen LogP) is 5.01. The molecule has 0 saturated carbocycles. The van der Waals surface area contributed by atoms with Crippen LogP contribution in [0.4, 0.5) is 5.69 Å². The molecule has 98 valence electrons. The van der Waals surface area contributed by atoms with Crippen molar-refractivity contribution in [1.29, 1.82) is 0 Å². The number of fused-ring (bicyclic) bond motifs is 3. The fourth-order valence-electron chi connectivity index (χ4n) is 2.95. The summed E-state index contributed by atoms with van der Waals surface area (Å²) in [4.78, 5) is 0. The zero-order chi connectivity index (χ0) is 13.1. The molecule has 2 aromatic rings. The van der Waals surface area contributed by atoms with Crippen molar-refractivity contribution < 1.29 is 0 Å². The molecule has 3 rings (SSSR count). The molecular weight excluding hydrogens is 230 g/mol. The zero-order valence-corrected chi connectivity index (χ0v) is 11.6. The standard InChI is InChI=1S/C18H21N/c1-2-3-4-8-14-10-7-12-17-18(14)16-11-6-5-9-15(16)13-19-17/h5-7,9-12,19H,2-4,8,13H2,1H3. The second kappa shape index (κ2) is 5.48. The van der Waals surface area contributed by atoms with Crippen LogP contribution in [-0.4, -0.2) is 0 Å². The van der Waals surface area contributed by atoms with Gasteiger partial charge in [-0.05, 0) is 35.6 Å². The fourth-order valence-corrected chi connectivity index (χ4v) is 2.95. The van der Waals surface area contributed by atoms with Crippen LogP contribution in [0.25, 0.3) is 11.1 Å². The number of benzene rings is 2. The van der Waals surface area contributed by atoms with Crippen molar-refractivity contribution in [3.8, 4) is 11.1 Å². The molecule has 0 saturated heterocycles. The predicted molar refractivity (Wildman–Crippen MR) is 82.4 cm³/mol. The van der Waals surface area contributed by atoms with Gasteiger partial charge < -0.3 is 5.32 Å². The van der Waals surface area contributed by atoms with Crippen molar-refractivity contribution in [2.45, 2.75) is 39.2 Å². The number of hydrogen-bond donors (Lipinski definition) is 1. The summed E-state index contributed by atoms with van der Waals surface area (Å²) in [5, 5.41) is 3.55. The van der Waals surface area contributed by atoms with Crippen molar-refractivity contribution in [1.82, 2.24) is 0 Å². The first-order valence-corrected chi connectivity index (χ1v) is 7.34. The third kappa shape index (κ3) is 2.37. The fraction of sp³-hybridized carbons (Fsp3) is 0.333. The van der Waals surface area contributed by atoms with Gasteiger partial charge in [0.2, 0.25) is 0 Å². The molecule has 0 bridgehead atoms. The van der Waals surface area contributed by atoms with Crippen LogP contribution in [0.2, 0.25) is 0 Å². The van der Waals surface area contributed by atoms with Crippen molar-refractivity contribution in [2.24, 2.45) is 0 Å². The second-order valence-corrected chi connectivity index (χ2v) is 5.31. The maximum atomic E-state index is 3.55. The van der Waals surface area contributed by atoms with E-state index in [2.05, 4.69) is 54.7 Å². The van der Waals surface area contributed by atoms with Gasteiger partial charge in [-0.2, -0.15) is 0 Å². The molecule has 0 spiro atoms.